The highest BCUT2D eigenvalue weighted by molar-refractivity contribution is 7.21. The van der Waals surface area contributed by atoms with Gasteiger partial charge in [-0.25, -0.2) is 4.98 Å². The maximum atomic E-state index is 12.8. The van der Waals surface area contributed by atoms with Crippen molar-refractivity contribution in [2.24, 2.45) is 0 Å². The number of fused-ring (bicyclic) bond motifs is 1. The number of carbonyl (C=O) groups excluding carboxylic acids is 1. The van der Waals surface area contributed by atoms with Crippen LogP contribution in [0.25, 0.3) is 20.8 Å². The molecule has 0 aliphatic rings. The summed E-state index contributed by atoms with van der Waals surface area (Å²) in [4.78, 5) is 17.5. The van der Waals surface area contributed by atoms with Crippen molar-refractivity contribution >= 4 is 33.1 Å². The Morgan fingerprint density at radius 3 is 2.61 bits per heavy atom. The molecule has 3 aromatic carbocycles. The fourth-order valence-electron chi connectivity index (χ4n) is 2.92. The van der Waals surface area contributed by atoms with Crippen LogP contribution in [0.5, 0.6) is 11.5 Å². The molecule has 1 amide bonds. The number of hydrogen-bond acceptors (Lipinski definition) is 5. The summed E-state index contributed by atoms with van der Waals surface area (Å²) in [5, 5.41) is 3.84. The Labute approximate surface area is 166 Å². The second-order valence-corrected chi connectivity index (χ2v) is 7.12. The lowest BCUT2D eigenvalue weighted by Gasteiger charge is -2.11. The van der Waals surface area contributed by atoms with Crippen LogP contribution in [0, 0.1) is 0 Å². The summed E-state index contributed by atoms with van der Waals surface area (Å²) in [6.07, 6.45) is 0. The molecular formula is C22H18N2O3S. The second kappa shape index (κ2) is 7.70. The van der Waals surface area contributed by atoms with Gasteiger partial charge in [-0.2, -0.15) is 0 Å². The Morgan fingerprint density at radius 2 is 1.82 bits per heavy atom. The average molecular weight is 390 g/mol. The van der Waals surface area contributed by atoms with Gasteiger partial charge >= 0.3 is 0 Å². The van der Waals surface area contributed by atoms with Crippen molar-refractivity contribution in [3.05, 3.63) is 72.3 Å². The minimum Gasteiger partial charge on any atom is -0.497 e. The van der Waals surface area contributed by atoms with Gasteiger partial charge in [-0.15, -0.1) is 11.3 Å². The smallest absolute Gasteiger partial charge is 0.259 e. The number of rotatable bonds is 5. The number of benzene rings is 3. The highest BCUT2D eigenvalue weighted by Crippen LogP contribution is 2.31. The predicted octanol–water partition coefficient (Wildman–Crippen LogP) is 5.23. The molecule has 1 aromatic heterocycles. The first-order chi connectivity index (χ1) is 13.7. The maximum absolute atomic E-state index is 12.8. The van der Waals surface area contributed by atoms with Gasteiger partial charge in [0.2, 0.25) is 0 Å². The third-order valence-electron chi connectivity index (χ3n) is 4.31. The first-order valence-electron chi connectivity index (χ1n) is 8.67. The van der Waals surface area contributed by atoms with E-state index in [0.29, 0.717) is 22.7 Å². The summed E-state index contributed by atoms with van der Waals surface area (Å²) in [6.45, 7) is 0. The van der Waals surface area contributed by atoms with E-state index in [0.717, 1.165) is 20.8 Å². The van der Waals surface area contributed by atoms with Crippen molar-refractivity contribution in [2.75, 3.05) is 19.5 Å². The number of ether oxygens (including phenoxy) is 2. The lowest BCUT2D eigenvalue weighted by atomic mass is 10.1. The fourth-order valence-corrected chi connectivity index (χ4v) is 3.88. The molecule has 0 aliphatic carbocycles. The van der Waals surface area contributed by atoms with Crippen molar-refractivity contribution in [1.29, 1.82) is 0 Å². The molecular weight excluding hydrogens is 372 g/mol. The van der Waals surface area contributed by atoms with Crippen molar-refractivity contribution in [3.8, 4) is 22.1 Å². The SMILES string of the molecule is COc1ccc(OC)c(C(=O)Nc2cccc(-c3nc4ccccc4s3)c2)c1. The number of carbonyl (C=O) groups is 1. The molecule has 0 saturated heterocycles. The molecule has 1 heterocycles. The topological polar surface area (TPSA) is 60.5 Å². The lowest BCUT2D eigenvalue weighted by molar-refractivity contribution is 0.102. The molecule has 140 valence electrons. The van der Waals surface area contributed by atoms with Crippen molar-refractivity contribution in [2.45, 2.75) is 0 Å². The third kappa shape index (κ3) is 3.54. The van der Waals surface area contributed by atoms with E-state index in [1.54, 1.807) is 36.6 Å². The third-order valence-corrected chi connectivity index (χ3v) is 5.40. The first kappa shape index (κ1) is 18.0. The Morgan fingerprint density at radius 1 is 0.964 bits per heavy atom. The van der Waals surface area contributed by atoms with Gasteiger partial charge in [-0.3, -0.25) is 4.79 Å². The second-order valence-electron chi connectivity index (χ2n) is 6.09. The Balaban J connectivity index is 1.62. The molecule has 0 saturated carbocycles. The van der Waals surface area contributed by atoms with Crippen LogP contribution in [0.4, 0.5) is 5.69 Å². The van der Waals surface area contributed by atoms with E-state index < -0.39 is 0 Å². The number of anilines is 1. The number of hydrogen-bond donors (Lipinski definition) is 1. The van der Waals surface area contributed by atoms with Gasteiger partial charge in [0.1, 0.15) is 16.5 Å². The molecule has 0 fully saturated rings. The van der Waals surface area contributed by atoms with Crippen LogP contribution in [-0.4, -0.2) is 25.1 Å². The summed E-state index contributed by atoms with van der Waals surface area (Å²) in [5.74, 6) is 0.812. The van der Waals surface area contributed by atoms with Gasteiger partial charge in [0.05, 0.1) is 30.0 Å². The molecule has 4 rings (SSSR count). The maximum Gasteiger partial charge on any atom is 0.259 e. The van der Waals surface area contributed by atoms with Crippen molar-refractivity contribution in [1.82, 2.24) is 4.98 Å². The van der Waals surface area contributed by atoms with Crippen LogP contribution in [0.15, 0.2) is 66.7 Å². The van der Waals surface area contributed by atoms with Crippen LogP contribution >= 0.6 is 11.3 Å². The minimum absolute atomic E-state index is 0.266. The first-order valence-corrected chi connectivity index (χ1v) is 9.49. The van der Waals surface area contributed by atoms with E-state index in [1.807, 2.05) is 42.5 Å². The zero-order valence-electron chi connectivity index (χ0n) is 15.4. The van der Waals surface area contributed by atoms with Gasteiger partial charge in [-0.1, -0.05) is 24.3 Å². The molecule has 5 nitrogen and oxygen atoms in total. The summed E-state index contributed by atoms with van der Waals surface area (Å²) >= 11 is 1.62. The molecule has 4 aromatic rings. The highest BCUT2D eigenvalue weighted by Gasteiger charge is 2.15. The zero-order chi connectivity index (χ0) is 19.5. The molecule has 1 N–H and O–H groups in total. The van der Waals surface area contributed by atoms with E-state index in [-0.39, 0.29) is 5.91 Å². The number of thiazole rings is 1. The van der Waals surface area contributed by atoms with Crippen LogP contribution in [0.3, 0.4) is 0 Å². The summed E-state index contributed by atoms with van der Waals surface area (Å²) < 4.78 is 11.7. The largest absolute Gasteiger partial charge is 0.497 e. The number of amides is 1. The van der Waals surface area contributed by atoms with Gasteiger partial charge < -0.3 is 14.8 Å². The normalized spacial score (nSPS) is 10.6. The van der Waals surface area contributed by atoms with E-state index in [1.165, 1.54) is 7.11 Å². The van der Waals surface area contributed by atoms with Gasteiger partial charge in [-0.05, 0) is 42.5 Å². The van der Waals surface area contributed by atoms with Crippen LogP contribution < -0.4 is 14.8 Å². The zero-order valence-corrected chi connectivity index (χ0v) is 16.2. The Kier molecular flexibility index (Phi) is 4.95. The van der Waals surface area contributed by atoms with Gasteiger partial charge in [0.15, 0.2) is 0 Å². The lowest BCUT2D eigenvalue weighted by Crippen LogP contribution is -2.13. The molecule has 0 bridgehead atoms. The number of nitrogens with zero attached hydrogens (tertiary/aromatic N) is 1. The van der Waals surface area contributed by atoms with Crippen LogP contribution in [0.1, 0.15) is 10.4 Å². The summed E-state index contributed by atoms with van der Waals surface area (Å²) in [6, 6.07) is 20.8. The molecule has 28 heavy (non-hydrogen) atoms. The molecule has 0 spiro atoms. The Hall–Kier alpha value is -3.38. The molecule has 0 radical (unpaired) electrons. The number of para-hydroxylation sites is 1. The van der Waals surface area contributed by atoms with Crippen molar-refractivity contribution < 1.29 is 14.3 Å². The van der Waals surface area contributed by atoms with E-state index in [2.05, 4.69) is 16.4 Å². The minimum atomic E-state index is -0.266. The van der Waals surface area contributed by atoms with E-state index >= 15 is 0 Å². The standard InChI is InChI=1S/C22H18N2O3S/c1-26-16-10-11-19(27-2)17(13-16)21(25)23-15-7-5-6-14(12-15)22-24-18-8-3-4-9-20(18)28-22/h3-13H,1-2H3,(H,23,25). The van der Waals surface area contributed by atoms with Gasteiger partial charge in [0.25, 0.3) is 5.91 Å². The number of aromatic nitrogens is 1. The Bertz CT molecular complexity index is 1120. The molecule has 0 atom stereocenters. The average Bonchev–Trinajstić information content (AvgIpc) is 3.18. The van der Waals surface area contributed by atoms with Gasteiger partial charge in [0, 0.05) is 11.3 Å². The number of nitrogens with one attached hydrogen (secondary N) is 1. The molecule has 6 heteroatoms. The molecule has 0 unspecified atom stereocenters. The summed E-state index contributed by atoms with van der Waals surface area (Å²) in [7, 11) is 3.09. The predicted molar refractivity (Wildman–Crippen MR) is 113 cm³/mol. The van der Waals surface area contributed by atoms with E-state index in [4.69, 9.17) is 9.47 Å². The molecule has 0 aliphatic heterocycles. The summed E-state index contributed by atoms with van der Waals surface area (Å²) in [5.41, 5.74) is 3.02. The quantitative estimate of drug-likeness (QED) is 0.507. The van der Waals surface area contributed by atoms with Crippen LogP contribution in [0.2, 0.25) is 0 Å². The van der Waals surface area contributed by atoms with Crippen molar-refractivity contribution in [3.63, 3.8) is 0 Å². The fraction of sp³-hybridized carbons (Fsp3) is 0.0909. The highest BCUT2D eigenvalue weighted by atomic mass is 32.1. The van der Waals surface area contributed by atoms with Crippen LogP contribution in [-0.2, 0) is 0 Å². The number of methoxy groups -OCH3 is 2. The van der Waals surface area contributed by atoms with E-state index in [9.17, 15) is 4.79 Å². The monoisotopic (exact) mass is 390 g/mol.